The van der Waals surface area contributed by atoms with Gasteiger partial charge >= 0.3 is 11.4 Å². The van der Waals surface area contributed by atoms with Gasteiger partial charge in [0.25, 0.3) is 0 Å². The molecular weight excluding hydrogens is 232 g/mol. The summed E-state index contributed by atoms with van der Waals surface area (Å²) in [6.45, 7) is 1.71. The van der Waals surface area contributed by atoms with E-state index in [-0.39, 0.29) is 11.8 Å². The molecule has 0 radical (unpaired) electrons. The standard InChI is InChI=1S/C14H12O4/c1-9-7-12(15)11(8-13(16)17)14(18-9)10-5-3-2-4-6-10/h2-7H,8H2,1H3,(H,16,17)/p+1. The molecule has 1 aromatic heterocycles. The molecule has 1 aromatic carbocycles. The normalized spacial score (nSPS) is 10.3. The summed E-state index contributed by atoms with van der Waals surface area (Å²) in [5.41, 5.74) is 0.979. The van der Waals surface area contributed by atoms with Gasteiger partial charge in [0.1, 0.15) is 17.1 Å². The molecule has 0 saturated heterocycles. The second kappa shape index (κ2) is 4.87. The fourth-order valence-electron chi connectivity index (χ4n) is 1.79. The Labute approximate surface area is 104 Å². The van der Waals surface area contributed by atoms with E-state index in [0.29, 0.717) is 17.1 Å². The van der Waals surface area contributed by atoms with E-state index in [4.69, 9.17) is 9.52 Å². The molecule has 0 atom stereocenters. The van der Waals surface area contributed by atoms with Crippen LogP contribution in [0.3, 0.4) is 0 Å². The van der Waals surface area contributed by atoms with Crippen LogP contribution in [-0.4, -0.2) is 15.9 Å². The van der Waals surface area contributed by atoms with E-state index in [2.05, 4.69) is 0 Å². The highest BCUT2D eigenvalue weighted by Crippen LogP contribution is 2.22. The zero-order valence-electron chi connectivity index (χ0n) is 9.88. The first kappa shape index (κ1) is 12.1. The van der Waals surface area contributed by atoms with Crippen LogP contribution < -0.4 is 5.43 Å². The largest absolute Gasteiger partial charge is 0.481 e. The van der Waals surface area contributed by atoms with Gasteiger partial charge in [-0.05, 0) is 6.92 Å². The predicted molar refractivity (Wildman–Crippen MR) is 65.3 cm³/mol. The molecule has 0 spiro atoms. The smallest absolute Gasteiger partial charge is 0.350 e. The van der Waals surface area contributed by atoms with Gasteiger partial charge in [-0.15, -0.1) is 0 Å². The lowest BCUT2D eigenvalue weighted by atomic mass is 10.0. The van der Waals surface area contributed by atoms with Crippen molar-refractivity contribution < 1.29 is 19.1 Å². The molecule has 0 aliphatic carbocycles. The van der Waals surface area contributed by atoms with Crippen LogP contribution in [0.2, 0.25) is 0 Å². The maximum Gasteiger partial charge on any atom is 0.350 e. The van der Waals surface area contributed by atoms with Crippen LogP contribution in [0.25, 0.3) is 11.3 Å². The van der Waals surface area contributed by atoms with Gasteiger partial charge in [0.15, 0.2) is 0 Å². The quantitative estimate of drug-likeness (QED) is 0.839. The van der Waals surface area contributed by atoms with Crippen LogP contribution >= 0.6 is 0 Å². The van der Waals surface area contributed by atoms with Gasteiger partial charge in [-0.3, -0.25) is 9.59 Å². The first-order valence-electron chi connectivity index (χ1n) is 5.50. The van der Waals surface area contributed by atoms with Crippen LogP contribution in [0.5, 0.6) is 0 Å². The molecule has 0 aliphatic rings. The average Bonchev–Trinajstić information content (AvgIpc) is 2.33. The Morgan fingerprint density at radius 2 is 2.00 bits per heavy atom. The number of hydrogen-bond donors (Lipinski definition) is 1. The van der Waals surface area contributed by atoms with E-state index in [1.54, 1.807) is 6.92 Å². The molecule has 1 heterocycles. The van der Waals surface area contributed by atoms with Crippen molar-refractivity contribution in [2.45, 2.75) is 13.3 Å². The van der Waals surface area contributed by atoms with Gasteiger partial charge < -0.3 is 9.52 Å². The summed E-state index contributed by atoms with van der Waals surface area (Å²) in [5.74, 6) is -0.0856. The van der Waals surface area contributed by atoms with Crippen molar-refractivity contribution in [3.63, 3.8) is 0 Å². The fraction of sp³-hybridized carbons (Fsp3) is 0.143. The van der Waals surface area contributed by atoms with Crippen molar-refractivity contribution in [3.8, 4) is 11.3 Å². The van der Waals surface area contributed by atoms with Crippen molar-refractivity contribution in [1.29, 1.82) is 0 Å². The minimum Gasteiger partial charge on any atom is -0.481 e. The molecule has 2 rings (SSSR count). The van der Waals surface area contributed by atoms with Crippen LogP contribution in [0.4, 0.5) is 0 Å². The van der Waals surface area contributed by atoms with Crippen LogP contribution in [0.1, 0.15) is 11.3 Å². The number of aryl methyl sites for hydroxylation is 1. The number of rotatable bonds is 3. The van der Waals surface area contributed by atoms with Crippen LogP contribution in [-0.2, 0) is 11.2 Å². The Morgan fingerprint density at radius 3 is 2.61 bits per heavy atom. The Bertz CT molecular complexity index is 626. The summed E-state index contributed by atoms with van der Waals surface area (Å²) < 4.78 is 5.55. The highest BCUT2D eigenvalue weighted by molar-refractivity contribution is 5.74. The van der Waals surface area contributed by atoms with Crippen molar-refractivity contribution in [2.24, 2.45) is 0 Å². The summed E-state index contributed by atoms with van der Waals surface area (Å²) in [6.07, 6.45) is -0.278. The lowest BCUT2D eigenvalue weighted by Gasteiger charge is -2.05. The van der Waals surface area contributed by atoms with Gasteiger partial charge in [0.2, 0.25) is 0 Å². The molecule has 0 unspecified atom stereocenters. The second-order valence-corrected chi connectivity index (χ2v) is 3.99. The summed E-state index contributed by atoms with van der Waals surface area (Å²) >= 11 is 0. The van der Waals surface area contributed by atoms with E-state index >= 15 is 0 Å². The first-order chi connectivity index (χ1) is 8.58. The molecule has 4 nitrogen and oxygen atoms in total. The van der Waals surface area contributed by atoms with Crippen molar-refractivity contribution in [1.82, 2.24) is 0 Å². The second-order valence-electron chi connectivity index (χ2n) is 3.99. The Morgan fingerprint density at radius 1 is 1.33 bits per heavy atom. The minimum atomic E-state index is -1.01. The predicted octanol–water partition coefficient (Wildman–Crippen LogP) is 1.89. The molecule has 0 aliphatic heterocycles. The molecule has 0 fully saturated rings. The Hall–Kier alpha value is -2.36. The number of aliphatic carboxylic acids is 1. The van der Waals surface area contributed by atoms with E-state index < -0.39 is 5.97 Å². The zero-order chi connectivity index (χ0) is 13.1. The van der Waals surface area contributed by atoms with Gasteiger partial charge in [-0.2, -0.15) is 0 Å². The minimum absolute atomic E-state index is 0.0556. The summed E-state index contributed by atoms with van der Waals surface area (Å²) in [5, 5.41) is 8.88. The number of carboxylic acid groups (broad SMARTS) is 1. The molecule has 4 heteroatoms. The molecule has 0 amide bonds. The van der Waals surface area contributed by atoms with Gasteiger partial charge in [0.05, 0.1) is 12.5 Å². The highest BCUT2D eigenvalue weighted by Gasteiger charge is 2.18. The number of carboxylic acids is 1. The number of hydrogen-bond acceptors (Lipinski definition) is 2. The summed E-state index contributed by atoms with van der Waals surface area (Å²) in [6, 6.07) is 10.6. The van der Waals surface area contributed by atoms with Gasteiger partial charge in [-0.1, -0.05) is 30.3 Å². The lowest BCUT2D eigenvalue weighted by molar-refractivity contribution is -0.136. The third-order valence-corrected chi connectivity index (χ3v) is 2.55. The summed E-state index contributed by atoms with van der Waals surface area (Å²) in [4.78, 5) is 20.7. The molecule has 2 N–H and O–H groups in total. The molecule has 0 bridgehead atoms. The third-order valence-electron chi connectivity index (χ3n) is 2.55. The Balaban J connectivity index is 2.65. The summed E-state index contributed by atoms with van der Waals surface area (Å²) in [7, 11) is 0. The third kappa shape index (κ3) is 2.48. The van der Waals surface area contributed by atoms with Crippen molar-refractivity contribution in [3.05, 3.63) is 53.2 Å². The van der Waals surface area contributed by atoms with Crippen molar-refractivity contribution in [2.75, 3.05) is 0 Å². The maximum absolute atomic E-state index is 10.8. The molecular formula is C14H13O4+. The topological polar surface area (TPSA) is 71.8 Å². The highest BCUT2D eigenvalue weighted by atomic mass is 16.4. The molecule has 92 valence electrons. The van der Waals surface area contributed by atoms with Gasteiger partial charge in [0, 0.05) is 5.56 Å². The fourth-order valence-corrected chi connectivity index (χ4v) is 1.79. The molecule has 18 heavy (non-hydrogen) atoms. The van der Waals surface area contributed by atoms with Crippen molar-refractivity contribution >= 4 is 5.97 Å². The van der Waals surface area contributed by atoms with Crippen LogP contribution in [0.15, 0.2) is 40.8 Å². The number of carbonyl (C=O) groups is 1. The lowest BCUT2D eigenvalue weighted by Crippen LogP contribution is -2.16. The SMILES string of the molecule is Cc1cc(=[OH+])c(CC(=O)O)c(-c2ccccc2)o1. The van der Waals surface area contributed by atoms with E-state index in [1.807, 2.05) is 30.3 Å². The van der Waals surface area contributed by atoms with Crippen LogP contribution in [0, 0.1) is 6.92 Å². The van der Waals surface area contributed by atoms with Gasteiger partial charge in [-0.25, -0.2) is 0 Å². The monoisotopic (exact) mass is 245 g/mol. The molecule has 0 saturated carbocycles. The first-order valence-corrected chi connectivity index (χ1v) is 5.50. The van der Waals surface area contributed by atoms with E-state index in [0.717, 1.165) is 5.56 Å². The maximum atomic E-state index is 10.8. The average molecular weight is 245 g/mol. The zero-order valence-corrected chi connectivity index (χ0v) is 9.88. The number of benzene rings is 1. The Kier molecular flexibility index (Phi) is 3.28. The van der Waals surface area contributed by atoms with E-state index in [1.165, 1.54) is 6.07 Å². The van der Waals surface area contributed by atoms with E-state index in [9.17, 15) is 9.59 Å². The molecule has 2 aromatic rings.